The molecule has 124 valence electrons. The molecule has 23 heavy (non-hydrogen) atoms. The summed E-state index contributed by atoms with van der Waals surface area (Å²) in [6.45, 7) is 2.65. The number of benzene rings is 2. The number of phenolic OH excluding ortho intramolecular Hbond substituents is 1. The molecule has 0 aliphatic carbocycles. The number of hydrogen-bond donors (Lipinski definition) is 3. The van der Waals surface area contributed by atoms with E-state index in [1.807, 2.05) is 18.4 Å². The topological polar surface area (TPSA) is 52.5 Å². The first-order chi connectivity index (χ1) is 11.1. The van der Waals surface area contributed by atoms with Crippen LogP contribution in [-0.2, 0) is 6.42 Å². The molecule has 3 nitrogen and oxygen atoms in total. The van der Waals surface area contributed by atoms with E-state index in [2.05, 4.69) is 36.5 Å². The van der Waals surface area contributed by atoms with Crippen LogP contribution in [-0.4, -0.2) is 29.1 Å². The zero-order valence-corrected chi connectivity index (χ0v) is 14.5. The number of thioether (sulfide) groups is 1. The third-order valence-electron chi connectivity index (χ3n) is 3.96. The summed E-state index contributed by atoms with van der Waals surface area (Å²) in [7, 11) is 0. The monoisotopic (exact) mass is 331 g/mol. The van der Waals surface area contributed by atoms with Crippen LogP contribution in [0.1, 0.15) is 30.6 Å². The van der Waals surface area contributed by atoms with Gasteiger partial charge in [0.05, 0.1) is 6.10 Å². The van der Waals surface area contributed by atoms with Crippen LogP contribution in [0.25, 0.3) is 0 Å². The van der Waals surface area contributed by atoms with Crippen molar-refractivity contribution in [3.05, 3.63) is 59.7 Å². The van der Waals surface area contributed by atoms with Crippen molar-refractivity contribution in [3.63, 3.8) is 0 Å². The fourth-order valence-electron chi connectivity index (χ4n) is 2.46. The predicted molar refractivity (Wildman–Crippen MR) is 97.1 cm³/mol. The molecule has 0 bridgehead atoms. The van der Waals surface area contributed by atoms with E-state index >= 15 is 0 Å². The largest absolute Gasteiger partial charge is 0.507 e. The highest BCUT2D eigenvalue weighted by Crippen LogP contribution is 2.29. The molecular weight excluding hydrogens is 306 g/mol. The van der Waals surface area contributed by atoms with Crippen LogP contribution in [0, 0.1) is 0 Å². The molecule has 2 aromatic carbocycles. The Labute approximate surface area is 142 Å². The Kier molecular flexibility index (Phi) is 6.96. The zero-order valence-electron chi connectivity index (χ0n) is 13.7. The molecule has 0 fully saturated rings. The van der Waals surface area contributed by atoms with Gasteiger partial charge in [-0.1, -0.05) is 36.4 Å². The lowest BCUT2D eigenvalue weighted by Gasteiger charge is -2.18. The van der Waals surface area contributed by atoms with E-state index in [4.69, 9.17) is 0 Å². The molecule has 0 amide bonds. The number of nitrogens with one attached hydrogen (secondary N) is 1. The van der Waals surface area contributed by atoms with Gasteiger partial charge in [-0.15, -0.1) is 11.8 Å². The summed E-state index contributed by atoms with van der Waals surface area (Å²) in [6, 6.07) is 16.0. The Balaban J connectivity index is 1.80. The van der Waals surface area contributed by atoms with Crippen molar-refractivity contribution >= 4 is 11.8 Å². The normalized spacial score (nSPS) is 13.7. The lowest BCUT2D eigenvalue weighted by molar-refractivity contribution is 0.169. The average Bonchev–Trinajstić information content (AvgIpc) is 2.59. The van der Waals surface area contributed by atoms with Crippen LogP contribution in [0.5, 0.6) is 5.75 Å². The van der Waals surface area contributed by atoms with Crippen molar-refractivity contribution in [2.75, 3.05) is 12.8 Å². The van der Waals surface area contributed by atoms with Crippen molar-refractivity contribution < 1.29 is 10.2 Å². The highest BCUT2D eigenvalue weighted by Gasteiger charge is 2.11. The van der Waals surface area contributed by atoms with Gasteiger partial charge in [0.1, 0.15) is 5.75 Å². The second kappa shape index (κ2) is 8.96. The first-order valence-electron chi connectivity index (χ1n) is 7.92. The van der Waals surface area contributed by atoms with Gasteiger partial charge in [-0.25, -0.2) is 0 Å². The summed E-state index contributed by atoms with van der Waals surface area (Å²) in [4.78, 5) is 0.790. The van der Waals surface area contributed by atoms with Gasteiger partial charge in [0.2, 0.25) is 0 Å². The maximum Gasteiger partial charge on any atom is 0.129 e. The molecule has 0 saturated carbocycles. The molecule has 0 spiro atoms. The summed E-state index contributed by atoms with van der Waals surface area (Å²) >= 11 is 1.48. The van der Waals surface area contributed by atoms with Gasteiger partial charge in [0.15, 0.2) is 0 Å². The van der Waals surface area contributed by atoms with Gasteiger partial charge in [0, 0.05) is 17.5 Å². The van der Waals surface area contributed by atoms with Crippen molar-refractivity contribution in [1.29, 1.82) is 0 Å². The smallest absolute Gasteiger partial charge is 0.129 e. The van der Waals surface area contributed by atoms with Crippen LogP contribution in [0.3, 0.4) is 0 Å². The molecule has 2 rings (SSSR count). The third-order valence-corrected chi connectivity index (χ3v) is 4.72. The van der Waals surface area contributed by atoms with E-state index in [1.54, 1.807) is 12.1 Å². The van der Waals surface area contributed by atoms with Gasteiger partial charge >= 0.3 is 0 Å². The molecule has 0 aromatic heterocycles. The number of aliphatic hydroxyl groups is 1. The van der Waals surface area contributed by atoms with Crippen LogP contribution in [0.4, 0.5) is 0 Å². The second-order valence-corrected chi connectivity index (χ2v) is 6.63. The van der Waals surface area contributed by atoms with Gasteiger partial charge < -0.3 is 15.5 Å². The molecule has 3 N–H and O–H groups in total. The minimum Gasteiger partial charge on any atom is -0.507 e. The SMILES string of the molecule is CSc1cc(C(O)CNC(C)CCc2ccccc2)ccc1O. The van der Waals surface area contributed by atoms with E-state index in [0.717, 1.165) is 23.3 Å². The van der Waals surface area contributed by atoms with Gasteiger partial charge in [-0.3, -0.25) is 0 Å². The van der Waals surface area contributed by atoms with Crippen LogP contribution >= 0.6 is 11.8 Å². The Morgan fingerprint density at radius 3 is 2.57 bits per heavy atom. The standard InChI is InChI=1S/C19H25NO2S/c1-14(8-9-15-6-4-3-5-7-15)20-13-18(22)16-10-11-17(21)19(12-16)23-2/h3-7,10-12,14,18,20-22H,8-9,13H2,1-2H3. The number of hydrogen-bond acceptors (Lipinski definition) is 4. The summed E-state index contributed by atoms with van der Waals surface area (Å²) in [5.41, 5.74) is 2.17. The highest BCUT2D eigenvalue weighted by molar-refractivity contribution is 7.98. The minimum absolute atomic E-state index is 0.262. The second-order valence-electron chi connectivity index (χ2n) is 5.78. The van der Waals surface area contributed by atoms with E-state index in [-0.39, 0.29) is 5.75 Å². The summed E-state index contributed by atoms with van der Waals surface area (Å²) in [5.74, 6) is 0.262. The molecule has 2 aromatic rings. The van der Waals surface area contributed by atoms with Gasteiger partial charge in [-0.2, -0.15) is 0 Å². The van der Waals surface area contributed by atoms with E-state index in [1.165, 1.54) is 17.3 Å². The first-order valence-corrected chi connectivity index (χ1v) is 9.15. The van der Waals surface area contributed by atoms with Crippen molar-refractivity contribution in [2.24, 2.45) is 0 Å². The fraction of sp³-hybridized carbons (Fsp3) is 0.368. The van der Waals surface area contributed by atoms with Crippen LogP contribution in [0.2, 0.25) is 0 Å². The molecule has 2 atom stereocenters. The highest BCUT2D eigenvalue weighted by atomic mass is 32.2. The Morgan fingerprint density at radius 2 is 1.87 bits per heavy atom. The lowest BCUT2D eigenvalue weighted by atomic mass is 10.1. The fourth-order valence-corrected chi connectivity index (χ4v) is 2.99. The summed E-state index contributed by atoms with van der Waals surface area (Å²) < 4.78 is 0. The van der Waals surface area contributed by atoms with E-state index < -0.39 is 6.10 Å². The minimum atomic E-state index is -0.569. The molecule has 0 saturated heterocycles. The Morgan fingerprint density at radius 1 is 1.13 bits per heavy atom. The lowest BCUT2D eigenvalue weighted by Crippen LogP contribution is -2.30. The maximum atomic E-state index is 10.3. The van der Waals surface area contributed by atoms with Crippen molar-refractivity contribution in [1.82, 2.24) is 5.32 Å². The predicted octanol–water partition coefficient (Wildman–Crippen LogP) is 3.76. The van der Waals surface area contributed by atoms with Gasteiger partial charge in [0.25, 0.3) is 0 Å². The molecular formula is C19H25NO2S. The first kappa shape index (κ1) is 17.9. The van der Waals surface area contributed by atoms with Gasteiger partial charge in [-0.05, 0) is 49.3 Å². The average molecular weight is 331 g/mol. The molecule has 4 heteroatoms. The number of phenols is 1. The molecule has 0 radical (unpaired) electrons. The Bertz CT molecular complexity index is 604. The summed E-state index contributed by atoms with van der Waals surface area (Å²) in [5, 5.41) is 23.4. The van der Waals surface area contributed by atoms with E-state index in [0.29, 0.717) is 12.6 Å². The maximum absolute atomic E-state index is 10.3. The number of aryl methyl sites for hydroxylation is 1. The van der Waals surface area contributed by atoms with E-state index in [9.17, 15) is 10.2 Å². The molecule has 2 unspecified atom stereocenters. The quantitative estimate of drug-likeness (QED) is 0.645. The molecule has 0 heterocycles. The third kappa shape index (κ3) is 5.57. The summed E-state index contributed by atoms with van der Waals surface area (Å²) in [6.07, 6.45) is 3.40. The number of aliphatic hydroxyl groups excluding tert-OH is 1. The van der Waals surface area contributed by atoms with Crippen molar-refractivity contribution in [2.45, 2.75) is 36.8 Å². The number of rotatable bonds is 8. The zero-order chi connectivity index (χ0) is 16.7. The number of aromatic hydroxyl groups is 1. The van der Waals surface area contributed by atoms with Crippen LogP contribution < -0.4 is 5.32 Å². The molecule has 0 aliphatic rings. The van der Waals surface area contributed by atoms with Crippen molar-refractivity contribution in [3.8, 4) is 5.75 Å². The molecule has 0 aliphatic heterocycles. The Hall–Kier alpha value is -1.49. The van der Waals surface area contributed by atoms with Crippen LogP contribution in [0.15, 0.2) is 53.4 Å².